The molecular weight excluding hydrogens is 182 g/mol. The zero-order chi connectivity index (χ0) is 10.4. The van der Waals surface area contributed by atoms with E-state index in [1.165, 1.54) is 0 Å². The summed E-state index contributed by atoms with van der Waals surface area (Å²) in [7, 11) is 3.48. The Kier molecular flexibility index (Phi) is 4.58. The molecule has 0 fully saturated rings. The van der Waals surface area contributed by atoms with E-state index in [0.29, 0.717) is 18.8 Å². The molecule has 0 radical (unpaired) electrons. The smallest absolute Gasteiger partial charge is 0.110 e. The van der Waals surface area contributed by atoms with Crippen LogP contribution in [0.3, 0.4) is 0 Å². The van der Waals surface area contributed by atoms with E-state index < -0.39 is 6.10 Å². The molecule has 1 heterocycles. The van der Waals surface area contributed by atoms with E-state index in [-0.39, 0.29) is 0 Å². The van der Waals surface area contributed by atoms with Gasteiger partial charge in [0.2, 0.25) is 0 Å². The number of aryl methyl sites for hydroxylation is 1. The van der Waals surface area contributed by atoms with Crippen LogP contribution in [0, 0.1) is 0 Å². The molecule has 1 aromatic rings. The lowest BCUT2D eigenvalue weighted by Gasteiger charge is -2.08. The molecule has 5 nitrogen and oxygen atoms in total. The lowest BCUT2D eigenvalue weighted by molar-refractivity contribution is 0.157. The summed E-state index contributed by atoms with van der Waals surface area (Å²) in [6, 6.07) is 1.81. The molecule has 0 aliphatic carbocycles. The summed E-state index contributed by atoms with van der Waals surface area (Å²) in [5.74, 6) is 0. The van der Waals surface area contributed by atoms with E-state index in [4.69, 9.17) is 4.74 Å². The zero-order valence-electron chi connectivity index (χ0n) is 8.60. The van der Waals surface area contributed by atoms with Gasteiger partial charge in [-0.15, -0.1) is 0 Å². The fourth-order valence-electron chi connectivity index (χ4n) is 1.13. The van der Waals surface area contributed by atoms with Gasteiger partial charge >= 0.3 is 0 Å². The number of rotatable bonds is 6. The van der Waals surface area contributed by atoms with Crippen molar-refractivity contribution in [3.63, 3.8) is 0 Å². The molecule has 0 saturated carbocycles. The first kappa shape index (κ1) is 11.2. The van der Waals surface area contributed by atoms with Gasteiger partial charge in [-0.05, 0) is 6.07 Å². The monoisotopic (exact) mass is 199 g/mol. The van der Waals surface area contributed by atoms with Gasteiger partial charge in [-0.2, -0.15) is 5.10 Å². The number of ether oxygens (including phenoxy) is 1. The van der Waals surface area contributed by atoms with Crippen LogP contribution in [0.5, 0.6) is 0 Å². The molecule has 1 aromatic heterocycles. The van der Waals surface area contributed by atoms with Gasteiger partial charge in [0.15, 0.2) is 0 Å². The molecule has 1 atom stereocenters. The fourth-order valence-corrected chi connectivity index (χ4v) is 1.13. The molecular formula is C9H17N3O2. The average molecular weight is 199 g/mol. The van der Waals surface area contributed by atoms with Crippen molar-refractivity contribution in [2.24, 2.45) is 7.05 Å². The zero-order valence-corrected chi connectivity index (χ0v) is 8.60. The Morgan fingerprint density at radius 3 is 3.07 bits per heavy atom. The largest absolute Gasteiger partial charge is 0.385 e. The van der Waals surface area contributed by atoms with E-state index in [2.05, 4.69) is 10.4 Å². The van der Waals surface area contributed by atoms with Gasteiger partial charge < -0.3 is 15.2 Å². The number of methoxy groups -OCH3 is 1. The van der Waals surface area contributed by atoms with Crippen LogP contribution in [0.4, 0.5) is 0 Å². The second-order valence-corrected chi connectivity index (χ2v) is 3.13. The van der Waals surface area contributed by atoms with Crippen LogP contribution >= 0.6 is 0 Å². The van der Waals surface area contributed by atoms with Crippen LogP contribution in [-0.2, 0) is 11.8 Å². The predicted molar refractivity (Wildman–Crippen MR) is 52.9 cm³/mol. The van der Waals surface area contributed by atoms with E-state index in [9.17, 15) is 5.11 Å². The van der Waals surface area contributed by atoms with Gasteiger partial charge in [-0.25, -0.2) is 0 Å². The molecule has 1 rings (SSSR count). The Labute approximate surface area is 83.7 Å². The number of hydrogen-bond donors (Lipinski definition) is 2. The highest BCUT2D eigenvalue weighted by Crippen LogP contribution is 2.07. The van der Waals surface area contributed by atoms with Gasteiger partial charge in [0.25, 0.3) is 0 Å². The Hall–Kier alpha value is -0.910. The normalized spacial score (nSPS) is 13.1. The summed E-state index contributed by atoms with van der Waals surface area (Å²) in [4.78, 5) is 0. The second-order valence-electron chi connectivity index (χ2n) is 3.13. The minimum Gasteiger partial charge on any atom is -0.385 e. The van der Waals surface area contributed by atoms with Gasteiger partial charge in [0.1, 0.15) is 6.10 Å². The molecule has 2 N–H and O–H groups in total. The molecule has 1 unspecified atom stereocenters. The van der Waals surface area contributed by atoms with Crippen molar-refractivity contribution in [1.82, 2.24) is 15.1 Å². The van der Waals surface area contributed by atoms with Crippen LogP contribution in [0.15, 0.2) is 12.3 Å². The summed E-state index contributed by atoms with van der Waals surface area (Å²) in [5.41, 5.74) is 0.692. The molecule has 0 amide bonds. The molecule has 0 saturated heterocycles. The van der Waals surface area contributed by atoms with E-state index in [1.54, 1.807) is 11.8 Å². The molecule has 14 heavy (non-hydrogen) atoms. The van der Waals surface area contributed by atoms with Crippen LogP contribution in [-0.4, -0.2) is 41.7 Å². The molecule has 0 spiro atoms. The number of nitrogens with zero attached hydrogens (tertiary/aromatic N) is 2. The quantitative estimate of drug-likeness (QED) is 0.617. The van der Waals surface area contributed by atoms with Crippen molar-refractivity contribution in [3.05, 3.63) is 18.0 Å². The van der Waals surface area contributed by atoms with Crippen LogP contribution in [0.1, 0.15) is 11.8 Å². The van der Waals surface area contributed by atoms with Crippen molar-refractivity contribution in [1.29, 1.82) is 0 Å². The van der Waals surface area contributed by atoms with Crippen LogP contribution < -0.4 is 5.32 Å². The maximum absolute atomic E-state index is 9.65. The van der Waals surface area contributed by atoms with Crippen molar-refractivity contribution in [2.45, 2.75) is 6.10 Å². The van der Waals surface area contributed by atoms with Crippen molar-refractivity contribution < 1.29 is 9.84 Å². The number of hydrogen-bond acceptors (Lipinski definition) is 4. The van der Waals surface area contributed by atoms with E-state index in [1.807, 2.05) is 19.3 Å². The summed E-state index contributed by atoms with van der Waals surface area (Å²) in [5, 5.41) is 16.8. The summed E-state index contributed by atoms with van der Waals surface area (Å²) in [6.07, 6.45) is 1.27. The Balaban J connectivity index is 2.25. The summed E-state index contributed by atoms with van der Waals surface area (Å²) in [6.45, 7) is 1.88. The van der Waals surface area contributed by atoms with Gasteiger partial charge in [0.05, 0.1) is 12.3 Å². The lowest BCUT2D eigenvalue weighted by atomic mass is 10.2. The molecule has 0 aromatic carbocycles. The SMILES string of the molecule is COCCNCC(O)c1ccn(C)n1. The third-order valence-corrected chi connectivity index (χ3v) is 1.90. The van der Waals surface area contributed by atoms with Crippen molar-refractivity contribution in [2.75, 3.05) is 26.8 Å². The van der Waals surface area contributed by atoms with Gasteiger partial charge in [0, 0.05) is 33.4 Å². The highest BCUT2D eigenvalue weighted by atomic mass is 16.5. The minimum absolute atomic E-state index is 0.500. The molecule has 0 aliphatic heterocycles. The topological polar surface area (TPSA) is 59.3 Å². The van der Waals surface area contributed by atoms with Crippen molar-refractivity contribution >= 4 is 0 Å². The molecule has 0 aliphatic rings. The Morgan fingerprint density at radius 1 is 1.71 bits per heavy atom. The summed E-state index contributed by atoms with van der Waals surface area (Å²) >= 11 is 0. The number of aliphatic hydroxyl groups excluding tert-OH is 1. The van der Waals surface area contributed by atoms with Gasteiger partial charge in [-0.3, -0.25) is 4.68 Å². The summed E-state index contributed by atoms with van der Waals surface area (Å²) < 4.78 is 6.54. The van der Waals surface area contributed by atoms with Crippen LogP contribution in [0.25, 0.3) is 0 Å². The number of aromatic nitrogens is 2. The predicted octanol–water partition coefficient (Wildman–Crippen LogP) is -0.311. The maximum Gasteiger partial charge on any atom is 0.110 e. The molecule has 5 heteroatoms. The molecule has 80 valence electrons. The first-order valence-electron chi connectivity index (χ1n) is 4.61. The third kappa shape index (κ3) is 3.45. The Bertz CT molecular complexity index is 262. The average Bonchev–Trinajstić information content (AvgIpc) is 2.59. The lowest BCUT2D eigenvalue weighted by Crippen LogP contribution is -2.25. The highest BCUT2D eigenvalue weighted by molar-refractivity contribution is 5.02. The second kappa shape index (κ2) is 5.74. The van der Waals surface area contributed by atoms with Gasteiger partial charge in [-0.1, -0.05) is 0 Å². The fraction of sp³-hybridized carbons (Fsp3) is 0.667. The maximum atomic E-state index is 9.65. The Morgan fingerprint density at radius 2 is 2.50 bits per heavy atom. The van der Waals surface area contributed by atoms with Crippen molar-refractivity contribution in [3.8, 4) is 0 Å². The highest BCUT2D eigenvalue weighted by Gasteiger charge is 2.08. The number of aliphatic hydroxyl groups is 1. The number of nitrogens with one attached hydrogen (secondary N) is 1. The standard InChI is InChI=1S/C9H17N3O2/c1-12-5-3-8(11-12)9(13)7-10-4-6-14-2/h3,5,9-10,13H,4,6-7H2,1-2H3. The van der Waals surface area contributed by atoms with E-state index in [0.717, 1.165) is 6.54 Å². The first-order chi connectivity index (χ1) is 6.74. The third-order valence-electron chi connectivity index (χ3n) is 1.90. The van der Waals surface area contributed by atoms with E-state index >= 15 is 0 Å². The molecule has 0 bridgehead atoms. The van der Waals surface area contributed by atoms with Crippen LogP contribution in [0.2, 0.25) is 0 Å². The minimum atomic E-state index is -0.548. The first-order valence-corrected chi connectivity index (χ1v) is 4.61.